The van der Waals surface area contributed by atoms with Gasteiger partial charge in [0, 0.05) is 5.92 Å². The van der Waals surface area contributed by atoms with Gasteiger partial charge in [-0.05, 0) is 12.8 Å². The van der Waals surface area contributed by atoms with Crippen LogP contribution in [0.1, 0.15) is 32.1 Å². The average molecular weight is 255 g/mol. The average Bonchev–Trinajstić information content (AvgIpc) is 2.38. The number of aliphatic carboxylic acids is 1. The lowest BCUT2D eigenvalue weighted by Gasteiger charge is -2.23. The van der Waals surface area contributed by atoms with Gasteiger partial charge in [0.25, 0.3) is 0 Å². The first-order valence-electron chi connectivity index (χ1n) is 6.37. The van der Waals surface area contributed by atoms with Gasteiger partial charge in [0.2, 0.25) is 5.91 Å². The summed E-state index contributed by atoms with van der Waals surface area (Å²) in [5.41, 5.74) is 0. The predicted molar refractivity (Wildman–Crippen MR) is 67.2 cm³/mol. The van der Waals surface area contributed by atoms with Crippen molar-refractivity contribution >= 4 is 11.9 Å². The number of nitrogens with one attached hydrogen (secondary N) is 1. The quantitative estimate of drug-likeness (QED) is 0.531. The first-order valence-corrected chi connectivity index (χ1v) is 6.37. The van der Waals surface area contributed by atoms with Gasteiger partial charge in [-0.15, -0.1) is 6.58 Å². The molecule has 0 aliphatic heterocycles. The highest BCUT2D eigenvalue weighted by Gasteiger charge is 2.26. The minimum absolute atomic E-state index is 0.0280. The summed E-state index contributed by atoms with van der Waals surface area (Å²) in [5, 5.41) is 11.5. The minimum Gasteiger partial charge on any atom is -0.480 e. The van der Waals surface area contributed by atoms with Crippen molar-refractivity contribution in [2.75, 3.05) is 13.2 Å². The molecule has 1 amide bonds. The number of hydrogen-bond acceptors (Lipinski definition) is 3. The van der Waals surface area contributed by atoms with E-state index in [1.807, 2.05) is 0 Å². The number of carboxylic acids is 1. The molecule has 18 heavy (non-hydrogen) atoms. The van der Waals surface area contributed by atoms with Crippen molar-refractivity contribution in [1.29, 1.82) is 0 Å². The smallest absolute Gasteiger partial charge is 0.328 e. The van der Waals surface area contributed by atoms with Crippen molar-refractivity contribution in [3.05, 3.63) is 12.7 Å². The number of carbonyl (C=O) groups excluding carboxylic acids is 1. The van der Waals surface area contributed by atoms with E-state index in [2.05, 4.69) is 11.9 Å². The van der Waals surface area contributed by atoms with E-state index in [0.29, 0.717) is 0 Å². The highest BCUT2D eigenvalue weighted by atomic mass is 16.5. The van der Waals surface area contributed by atoms with Crippen LogP contribution in [0.5, 0.6) is 0 Å². The van der Waals surface area contributed by atoms with Crippen LogP contribution >= 0.6 is 0 Å². The highest BCUT2D eigenvalue weighted by Crippen LogP contribution is 2.23. The molecule has 0 saturated heterocycles. The van der Waals surface area contributed by atoms with Crippen molar-refractivity contribution in [3.8, 4) is 0 Å². The van der Waals surface area contributed by atoms with E-state index in [1.54, 1.807) is 6.08 Å². The SMILES string of the molecule is C=CCOCC(NC(=O)C1CCCCC1)C(=O)O. The van der Waals surface area contributed by atoms with Crippen LogP contribution in [0.4, 0.5) is 0 Å². The van der Waals surface area contributed by atoms with E-state index in [-0.39, 0.29) is 25.0 Å². The Bertz CT molecular complexity index is 297. The van der Waals surface area contributed by atoms with E-state index < -0.39 is 12.0 Å². The molecule has 1 saturated carbocycles. The Labute approximate surface area is 107 Å². The summed E-state index contributed by atoms with van der Waals surface area (Å²) in [4.78, 5) is 22.9. The predicted octanol–water partition coefficient (Wildman–Crippen LogP) is 1.34. The van der Waals surface area contributed by atoms with Crippen LogP contribution in [-0.4, -0.2) is 36.2 Å². The molecule has 1 aliphatic carbocycles. The van der Waals surface area contributed by atoms with Gasteiger partial charge in [-0.25, -0.2) is 4.79 Å². The van der Waals surface area contributed by atoms with Crippen molar-refractivity contribution in [2.24, 2.45) is 5.92 Å². The maximum Gasteiger partial charge on any atom is 0.328 e. The molecule has 0 spiro atoms. The molecule has 5 nitrogen and oxygen atoms in total. The van der Waals surface area contributed by atoms with Crippen molar-refractivity contribution < 1.29 is 19.4 Å². The summed E-state index contributed by atoms with van der Waals surface area (Å²) >= 11 is 0. The van der Waals surface area contributed by atoms with Gasteiger partial charge < -0.3 is 15.2 Å². The van der Waals surface area contributed by atoms with Crippen LogP contribution in [0, 0.1) is 5.92 Å². The zero-order chi connectivity index (χ0) is 13.4. The maximum atomic E-state index is 11.9. The Balaban J connectivity index is 2.41. The summed E-state index contributed by atoms with van der Waals surface area (Å²) < 4.78 is 5.08. The Morgan fingerprint density at radius 1 is 1.39 bits per heavy atom. The van der Waals surface area contributed by atoms with E-state index >= 15 is 0 Å². The molecular weight excluding hydrogens is 234 g/mol. The number of amides is 1. The van der Waals surface area contributed by atoms with Gasteiger partial charge >= 0.3 is 5.97 Å². The molecule has 0 aromatic carbocycles. The summed E-state index contributed by atoms with van der Waals surface area (Å²) in [6.07, 6.45) is 6.50. The fourth-order valence-corrected chi connectivity index (χ4v) is 2.10. The van der Waals surface area contributed by atoms with Crippen molar-refractivity contribution in [2.45, 2.75) is 38.1 Å². The van der Waals surface area contributed by atoms with E-state index in [0.717, 1.165) is 32.1 Å². The topological polar surface area (TPSA) is 75.6 Å². The zero-order valence-corrected chi connectivity index (χ0v) is 10.6. The molecule has 0 aromatic heterocycles. The highest BCUT2D eigenvalue weighted by molar-refractivity contribution is 5.85. The Hall–Kier alpha value is -1.36. The third kappa shape index (κ3) is 4.87. The third-order valence-electron chi connectivity index (χ3n) is 3.11. The van der Waals surface area contributed by atoms with E-state index in [9.17, 15) is 9.59 Å². The standard InChI is InChI=1S/C13H21NO4/c1-2-8-18-9-11(13(16)17)14-12(15)10-6-4-3-5-7-10/h2,10-11H,1,3-9H2,(H,14,15)(H,16,17). The minimum atomic E-state index is -1.07. The molecule has 102 valence electrons. The second-order valence-electron chi connectivity index (χ2n) is 4.56. The molecule has 1 fully saturated rings. The molecule has 1 atom stereocenters. The monoisotopic (exact) mass is 255 g/mol. The number of ether oxygens (including phenoxy) is 1. The van der Waals surface area contributed by atoms with Gasteiger partial charge in [-0.3, -0.25) is 4.79 Å². The van der Waals surface area contributed by atoms with Crippen LogP contribution in [0.15, 0.2) is 12.7 Å². The van der Waals surface area contributed by atoms with Gasteiger partial charge in [0.1, 0.15) is 0 Å². The van der Waals surface area contributed by atoms with Crippen LogP contribution in [0.3, 0.4) is 0 Å². The van der Waals surface area contributed by atoms with Gasteiger partial charge in [0.15, 0.2) is 6.04 Å². The molecule has 1 rings (SSSR count). The molecule has 5 heteroatoms. The van der Waals surface area contributed by atoms with Crippen LogP contribution in [0.25, 0.3) is 0 Å². The maximum absolute atomic E-state index is 11.9. The van der Waals surface area contributed by atoms with Crippen molar-refractivity contribution in [3.63, 3.8) is 0 Å². The van der Waals surface area contributed by atoms with E-state index in [4.69, 9.17) is 9.84 Å². The second-order valence-corrected chi connectivity index (χ2v) is 4.56. The Kier molecular flexibility index (Phi) is 6.43. The van der Waals surface area contributed by atoms with Crippen LogP contribution in [-0.2, 0) is 14.3 Å². The molecule has 0 bridgehead atoms. The molecule has 0 aromatic rings. The molecule has 1 unspecified atom stereocenters. The molecule has 1 aliphatic rings. The lowest BCUT2D eigenvalue weighted by atomic mass is 9.88. The normalized spacial score (nSPS) is 18.0. The van der Waals surface area contributed by atoms with Crippen LogP contribution in [0.2, 0.25) is 0 Å². The van der Waals surface area contributed by atoms with Gasteiger partial charge in [0.05, 0.1) is 13.2 Å². The number of carboxylic acid groups (broad SMARTS) is 1. The zero-order valence-electron chi connectivity index (χ0n) is 10.6. The fourth-order valence-electron chi connectivity index (χ4n) is 2.10. The number of carbonyl (C=O) groups is 2. The molecule has 0 heterocycles. The molecule has 0 radical (unpaired) electrons. The molecule has 2 N–H and O–H groups in total. The number of rotatable bonds is 7. The fraction of sp³-hybridized carbons (Fsp3) is 0.692. The van der Waals surface area contributed by atoms with Gasteiger partial charge in [-0.1, -0.05) is 25.3 Å². The summed E-state index contributed by atoms with van der Waals surface area (Å²) in [6.45, 7) is 3.73. The molecular formula is C13H21NO4. The lowest BCUT2D eigenvalue weighted by Crippen LogP contribution is -2.46. The first kappa shape index (κ1) is 14.7. The van der Waals surface area contributed by atoms with Gasteiger partial charge in [-0.2, -0.15) is 0 Å². The first-order chi connectivity index (χ1) is 8.65. The summed E-state index contributed by atoms with van der Waals surface area (Å²) in [5.74, 6) is -1.27. The summed E-state index contributed by atoms with van der Waals surface area (Å²) in [6, 6.07) is -0.973. The second kappa shape index (κ2) is 7.87. The Morgan fingerprint density at radius 2 is 2.06 bits per heavy atom. The number of hydrogen-bond donors (Lipinski definition) is 2. The van der Waals surface area contributed by atoms with E-state index in [1.165, 1.54) is 0 Å². The largest absolute Gasteiger partial charge is 0.480 e. The summed E-state index contributed by atoms with van der Waals surface area (Å²) in [7, 11) is 0. The van der Waals surface area contributed by atoms with Crippen molar-refractivity contribution in [1.82, 2.24) is 5.32 Å². The van der Waals surface area contributed by atoms with Crippen LogP contribution < -0.4 is 5.32 Å². The Morgan fingerprint density at radius 3 is 2.61 bits per heavy atom. The third-order valence-corrected chi connectivity index (χ3v) is 3.11. The lowest BCUT2D eigenvalue weighted by molar-refractivity contribution is -0.144.